The molecular formula is C18H19FN2. The Morgan fingerprint density at radius 3 is 2.33 bits per heavy atom. The van der Waals surface area contributed by atoms with Gasteiger partial charge in [-0.1, -0.05) is 45.0 Å². The summed E-state index contributed by atoms with van der Waals surface area (Å²) in [7, 11) is 0. The zero-order valence-corrected chi connectivity index (χ0v) is 12.6. The van der Waals surface area contributed by atoms with Crippen molar-refractivity contribution < 1.29 is 4.39 Å². The molecule has 0 fully saturated rings. The maximum Gasteiger partial charge on any atom is 0.145 e. The van der Waals surface area contributed by atoms with E-state index >= 15 is 0 Å². The van der Waals surface area contributed by atoms with Gasteiger partial charge in [-0.25, -0.2) is 4.39 Å². The van der Waals surface area contributed by atoms with Gasteiger partial charge in [-0.15, -0.1) is 0 Å². The summed E-state index contributed by atoms with van der Waals surface area (Å²) in [6.45, 7) is 6.85. The molecule has 0 aliphatic heterocycles. The average molecular weight is 282 g/mol. The van der Waals surface area contributed by atoms with Crippen molar-refractivity contribution in [3.63, 3.8) is 0 Å². The highest BCUT2D eigenvalue weighted by atomic mass is 19.1. The number of rotatable bonds is 3. The predicted molar refractivity (Wildman–Crippen MR) is 83.6 cm³/mol. The van der Waals surface area contributed by atoms with Gasteiger partial charge in [-0.05, 0) is 29.2 Å². The van der Waals surface area contributed by atoms with Crippen molar-refractivity contribution in [2.45, 2.75) is 32.7 Å². The predicted octanol–water partition coefficient (Wildman–Crippen LogP) is 4.61. The maximum absolute atomic E-state index is 13.9. The molecule has 0 unspecified atom stereocenters. The number of anilines is 1. The van der Waals surface area contributed by atoms with Crippen molar-refractivity contribution in [2.75, 3.05) is 5.32 Å². The monoisotopic (exact) mass is 282 g/mol. The first-order valence-electron chi connectivity index (χ1n) is 6.94. The average Bonchev–Trinajstić information content (AvgIpc) is 2.46. The fourth-order valence-corrected chi connectivity index (χ4v) is 2.09. The van der Waals surface area contributed by atoms with Crippen LogP contribution in [0.3, 0.4) is 0 Å². The lowest BCUT2D eigenvalue weighted by Gasteiger charge is -2.19. The number of nitriles is 1. The van der Waals surface area contributed by atoms with E-state index in [0.717, 1.165) is 5.69 Å². The lowest BCUT2D eigenvalue weighted by atomic mass is 9.87. The van der Waals surface area contributed by atoms with Gasteiger partial charge in [-0.2, -0.15) is 5.26 Å². The van der Waals surface area contributed by atoms with Gasteiger partial charge in [0.2, 0.25) is 0 Å². The molecule has 0 heterocycles. The van der Waals surface area contributed by atoms with E-state index in [1.165, 1.54) is 11.6 Å². The lowest BCUT2D eigenvalue weighted by Crippen LogP contribution is -2.11. The van der Waals surface area contributed by atoms with Crippen LogP contribution in [-0.2, 0) is 12.0 Å². The fourth-order valence-electron chi connectivity index (χ4n) is 2.09. The molecule has 0 aliphatic carbocycles. The number of hydrogen-bond donors (Lipinski definition) is 1. The number of halogens is 1. The third-order valence-corrected chi connectivity index (χ3v) is 3.43. The Balaban J connectivity index is 2.09. The molecule has 0 aliphatic rings. The van der Waals surface area contributed by atoms with Crippen LogP contribution in [-0.4, -0.2) is 0 Å². The van der Waals surface area contributed by atoms with Gasteiger partial charge in [0, 0.05) is 17.8 Å². The highest BCUT2D eigenvalue weighted by Gasteiger charge is 2.13. The minimum absolute atomic E-state index is 0.0809. The van der Waals surface area contributed by atoms with Crippen LogP contribution in [0.2, 0.25) is 0 Å². The zero-order chi connectivity index (χ0) is 15.5. The van der Waals surface area contributed by atoms with Gasteiger partial charge in [0.15, 0.2) is 0 Å². The Hall–Kier alpha value is -2.34. The molecule has 0 saturated carbocycles. The van der Waals surface area contributed by atoms with Crippen LogP contribution in [0.4, 0.5) is 10.1 Å². The quantitative estimate of drug-likeness (QED) is 0.892. The molecule has 0 spiro atoms. The van der Waals surface area contributed by atoms with Crippen LogP contribution in [0.15, 0.2) is 42.5 Å². The van der Waals surface area contributed by atoms with E-state index in [4.69, 9.17) is 5.26 Å². The summed E-state index contributed by atoms with van der Waals surface area (Å²) >= 11 is 0. The first-order valence-corrected chi connectivity index (χ1v) is 6.94. The molecule has 0 saturated heterocycles. The van der Waals surface area contributed by atoms with E-state index < -0.39 is 5.82 Å². The molecule has 21 heavy (non-hydrogen) atoms. The van der Waals surface area contributed by atoms with Gasteiger partial charge in [0.25, 0.3) is 0 Å². The van der Waals surface area contributed by atoms with Crippen LogP contribution in [0.5, 0.6) is 0 Å². The van der Waals surface area contributed by atoms with Gasteiger partial charge >= 0.3 is 0 Å². The summed E-state index contributed by atoms with van der Waals surface area (Å²) in [5, 5.41) is 12.0. The number of hydrogen-bond acceptors (Lipinski definition) is 2. The molecule has 2 aromatic rings. The summed E-state index contributed by atoms with van der Waals surface area (Å²) in [5.41, 5.74) is 2.88. The Bertz CT molecular complexity index is 661. The maximum atomic E-state index is 13.9. The van der Waals surface area contributed by atoms with Crippen molar-refractivity contribution in [2.24, 2.45) is 0 Å². The first-order chi connectivity index (χ1) is 9.91. The van der Waals surface area contributed by atoms with E-state index in [1.807, 2.05) is 18.2 Å². The lowest BCUT2D eigenvalue weighted by molar-refractivity contribution is 0.590. The summed E-state index contributed by atoms with van der Waals surface area (Å²) in [5.74, 6) is -0.446. The van der Waals surface area contributed by atoms with Crippen LogP contribution in [0.25, 0.3) is 0 Å². The minimum Gasteiger partial charge on any atom is -0.381 e. The third-order valence-electron chi connectivity index (χ3n) is 3.43. The molecule has 3 heteroatoms. The van der Waals surface area contributed by atoms with E-state index in [0.29, 0.717) is 12.1 Å². The van der Waals surface area contributed by atoms with Crippen molar-refractivity contribution in [1.29, 1.82) is 5.26 Å². The second kappa shape index (κ2) is 5.97. The van der Waals surface area contributed by atoms with E-state index in [2.05, 4.69) is 38.2 Å². The molecule has 2 rings (SSSR count). The normalized spacial score (nSPS) is 11.0. The molecular weight excluding hydrogens is 263 g/mol. The van der Waals surface area contributed by atoms with Gasteiger partial charge in [-0.3, -0.25) is 0 Å². The highest BCUT2D eigenvalue weighted by molar-refractivity contribution is 5.47. The second-order valence-electron chi connectivity index (χ2n) is 6.07. The summed E-state index contributed by atoms with van der Waals surface area (Å²) in [6.07, 6.45) is 0. The Morgan fingerprint density at radius 2 is 1.76 bits per heavy atom. The fraction of sp³-hybridized carbons (Fsp3) is 0.278. The minimum atomic E-state index is -0.446. The van der Waals surface area contributed by atoms with Gasteiger partial charge < -0.3 is 5.32 Å². The van der Waals surface area contributed by atoms with Gasteiger partial charge in [0.05, 0.1) is 5.56 Å². The van der Waals surface area contributed by atoms with Crippen LogP contribution in [0, 0.1) is 17.1 Å². The van der Waals surface area contributed by atoms with Crippen molar-refractivity contribution in [1.82, 2.24) is 0 Å². The molecule has 0 radical (unpaired) electrons. The van der Waals surface area contributed by atoms with Crippen molar-refractivity contribution >= 4 is 5.69 Å². The van der Waals surface area contributed by atoms with Crippen LogP contribution >= 0.6 is 0 Å². The summed E-state index contributed by atoms with van der Waals surface area (Å²) < 4.78 is 13.9. The molecule has 0 bridgehead atoms. The topological polar surface area (TPSA) is 35.8 Å². The van der Waals surface area contributed by atoms with Crippen molar-refractivity contribution in [3.05, 3.63) is 65.0 Å². The Labute approximate surface area is 125 Å². The van der Waals surface area contributed by atoms with Crippen molar-refractivity contribution in [3.8, 4) is 6.07 Å². The van der Waals surface area contributed by atoms with E-state index in [-0.39, 0.29) is 11.0 Å². The molecule has 0 amide bonds. The molecule has 0 aromatic heterocycles. The smallest absolute Gasteiger partial charge is 0.145 e. The summed E-state index contributed by atoms with van der Waals surface area (Å²) in [4.78, 5) is 0. The second-order valence-corrected chi connectivity index (χ2v) is 6.07. The number of benzene rings is 2. The SMILES string of the molecule is CC(C)(C)c1ccc(NCc2cccc(C#N)c2F)cc1. The third kappa shape index (κ3) is 3.61. The first kappa shape index (κ1) is 15.1. The van der Waals surface area contributed by atoms with E-state index in [1.54, 1.807) is 12.1 Å². The molecule has 1 N–H and O–H groups in total. The molecule has 108 valence electrons. The number of nitrogens with one attached hydrogen (secondary N) is 1. The van der Waals surface area contributed by atoms with Crippen LogP contribution in [0.1, 0.15) is 37.5 Å². The highest BCUT2D eigenvalue weighted by Crippen LogP contribution is 2.23. The molecule has 2 aromatic carbocycles. The summed E-state index contributed by atoms with van der Waals surface area (Å²) in [6, 6.07) is 14.9. The standard InChI is InChI=1S/C18H19FN2/c1-18(2,3)15-7-9-16(10-8-15)21-12-14-6-4-5-13(11-20)17(14)19/h4-10,21H,12H2,1-3H3. The molecule has 0 atom stereocenters. The molecule has 2 nitrogen and oxygen atoms in total. The Kier molecular flexibility index (Phi) is 4.28. The Morgan fingerprint density at radius 1 is 1.10 bits per heavy atom. The zero-order valence-electron chi connectivity index (χ0n) is 12.6. The number of nitrogens with zero attached hydrogens (tertiary/aromatic N) is 1. The van der Waals surface area contributed by atoms with Crippen LogP contribution < -0.4 is 5.32 Å². The van der Waals surface area contributed by atoms with E-state index in [9.17, 15) is 4.39 Å². The largest absolute Gasteiger partial charge is 0.381 e. The van der Waals surface area contributed by atoms with Gasteiger partial charge in [0.1, 0.15) is 11.9 Å².